The summed E-state index contributed by atoms with van der Waals surface area (Å²) in [6, 6.07) is 22.2. The van der Waals surface area contributed by atoms with Crippen molar-refractivity contribution in [2.75, 3.05) is 26.7 Å². The molecule has 288 valence electrons. The first-order valence-corrected chi connectivity index (χ1v) is 20.3. The quantitative estimate of drug-likeness (QED) is 0.126. The minimum Gasteiger partial charge on any atom is -0.497 e. The Morgan fingerprint density at radius 1 is 0.891 bits per heavy atom. The highest BCUT2D eigenvalue weighted by atomic mass is 32.2. The van der Waals surface area contributed by atoms with Crippen LogP contribution in [0.5, 0.6) is 5.75 Å². The molecule has 1 aliphatic carbocycles. The van der Waals surface area contributed by atoms with Crippen LogP contribution in [0.2, 0.25) is 0 Å². The number of ether oxygens (including phenoxy) is 1. The van der Waals surface area contributed by atoms with Crippen molar-refractivity contribution in [3.63, 3.8) is 0 Å². The van der Waals surface area contributed by atoms with Gasteiger partial charge in [0.25, 0.3) is 11.8 Å². The van der Waals surface area contributed by atoms with Gasteiger partial charge in [-0.25, -0.2) is 0 Å². The van der Waals surface area contributed by atoms with Gasteiger partial charge in [0, 0.05) is 25.4 Å². The fourth-order valence-electron chi connectivity index (χ4n) is 7.75. The lowest BCUT2D eigenvalue weighted by Gasteiger charge is -2.32. The van der Waals surface area contributed by atoms with Crippen molar-refractivity contribution in [1.82, 2.24) is 20.4 Å². The number of allylic oxidation sites excluding steroid dienone is 4. The van der Waals surface area contributed by atoms with Gasteiger partial charge in [0.2, 0.25) is 17.7 Å². The van der Waals surface area contributed by atoms with Crippen molar-refractivity contribution in [2.24, 2.45) is 11.8 Å². The van der Waals surface area contributed by atoms with E-state index in [-0.39, 0.29) is 47.9 Å². The fraction of sp³-hybridized carbons (Fsp3) is 0.386. The number of likely N-dealkylation sites (N-methyl/N-ethyl adjacent to an activating group) is 1. The first-order chi connectivity index (χ1) is 26.8. The molecule has 2 N–H and O–H groups in total. The van der Waals surface area contributed by atoms with Crippen molar-refractivity contribution >= 4 is 41.3 Å². The second kappa shape index (κ2) is 18.9. The summed E-state index contributed by atoms with van der Waals surface area (Å²) in [4.78, 5) is 71.6. The SMILES string of the molecule is CCNC(=O)C(c1ccccc1)N1CC[C@H](C2C=CC=CC2)CC(NC(=O)C(CCCCN2C(=O)c3ccccc3C2=O)SCc2ccc(OC)cc2)C1=O. The van der Waals surface area contributed by atoms with Crippen LogP contribution in [0.4, 0.5) is 0 Å². The molecular formula is C44H50N4O6S. The summed E-state index contributed by atoms with van der Waals surface area (Å²) < 4.78 is 5.32. The molecule has 5 amide bonds. The number of hydrogen-bond acceptors (Lipinski definition) is 7. The summed E-state index contributed by atoms with van der Waals surface area (Å²) in [5.41, 5.74) is 2.58. The van der Waals surface area contributed by atoms with Crippen molar-refractivity contribution in [1.29, 1.82) is 0 Å². The van der Waals surface area contributed by atoms with Crippen molar-refractivity contribution in [3.05, 3.63) is 125 Å². The number of amides is 5. The van der Waals surface area contributed by atoms with Gasteiger partial charge in [0.05, 0.1) is 23.5 Å². The topological polar surface area (TPSA) is 125 Å². The third-order valence-corrected chi connectivity index (χ3v) is 12.1. The Kier molecular flexibility index (Phi) is 13.6. The number of nitrogens with one attached hydrogen (secondary N) is 2. The first-order valence-electron chi connectivity index (χ1n) is 19.3. The van der Waals surface area contributed by atoms with Gasteiger partial charge < -0.3 is 20.3 Å². The lowest BCUT2D eigenvalue weighted by Crippen LogP contribution is -2.52. The smallest absolute Gasteiger partial charge is 0.261 e. The zero-order chi connectivity index (χ0) is 38.7. The molecule has 0 spiro atoms. The average Bonchev–Trinajstić information content (AvgIpc) is 3.34. The van der Waals surface area contributed by atoms with Crippen LogP contribution in [0, 0.1) is 11.8 Å². The number of thioether (sulfide) groups is 1. The maximum absolute atomic E-state index is 14.7. The zero-order valence-corrected chi connectivity index (χ0v) is 32.3. The molecule has 3 aromatic rings. The second-order valence-electron chi connectivity index (χ2n) is 14.2. The zero-order valence-electron chi connectivity index (χ0n) is 31.5. The minimum absolute atomic E-state index is 0.108. The summed E-state index contributed by atoms with van der Waals surface area (Å²) in [5.74, 6) is 0.265. The van der Waals surface area contributed by atoms with Crippen LogP contribution in [0.1, 0.15) is 83.3 Å². The highest BCUT2D eigenvalue weighted by Gasteiger charge is 2.41. The number of fused-ring (bicyclic) bond motifs is 1. The summed E-state index contributed by atoms with van der Waals surface area (Å²) in [7, 11) is 1.62. The number of carbonyl (C=O) groups excluding carboxylic acids is 5. The standard InChI is InChI=1S/C44H50N4O6S/c1-3-45-41(50)39(32-16-8-5-9-17-32)47-27-25-33(31-14-6-4-7-15-31)28-37(44(47)53)46-40(49)38(55-29-30-21-23-34(54-2)24-22-30)20-12-13-26-48-42(51)35-18-10-11-19-36(35)43(48)52/h4-11,14,16-19,21-24,31,33,37-39H,3,12-13,15,20,25-29H2,1-2H3,(H,45,50)(H,46,49)/t31?,33-,37?,38?,39?/m0/s1. The van der Waals surface area contributed by atoms with E-state index in [9.17, 15) is 24.0 Å². The normalized spacial score (nSPS) is 20.5. The third-order valence-electron chi connectivity index (χ3n) is 10.7. The summed E-state index contributed by atoms with van der Waals surface area (Å²) in [5, 5.41) is 5.60. The Labute approximate surface area is 327 Å². The molecule has 6 rings (SSSR count). The van der Waals surface area contributed by atoms with E-state index in [1.165, 1.54) is 16.7 Å². The number of carbonyl (C=O) groups is 5. The van der Waals surface area contributed by atoms with Gasteiger partial charge in [-0.3, -0.25) is 28.9 Å². The molecule has 1 fully saturated rings. The van der Waals surface area contributed by atoms with Crippen LogP contribution in [-0.2, 0) is 20.1 Å². The van der Waals surface area contributed by atoms with E-state index in [0.29, 0.717) is 62.1 Å². The van der Waals surface area contributed by atoms with E-state index in [1.807, 2.05) is 73.7 Å². The lowest BCUT2D eigenvalue weighted by atomic mass is 9.81. The Balaban J connectivity index is 1.21. The predicted molar refractivity (Wildman–Crippen MR) is 214 cm³/mol. The first kappa shape index (κ1) is 39.5. The number of benzene rings is 3. The van der Waals surface area contributed by atoms with Gasteiger partial charge in [-0.2, -0.15) is 0 Å². The van der Waals surface area contributed by atoms with Crippen LogP contribution in [-0.4, -0.2) is 77.4 Å². The molecule has 3 aliphatic rings. The summed E-state index contributed by atoms with van der Waals surface area (Å²) in [6.45, 7) is 2.92. The van der Waals surface area contributed by atoms with Gasteiger partial charge in [0.15, 0.2) is 0 Å². The lowest BCUT2D eigenvalue weighted by molar-refractivity contribution is -0.143. The van der Waals surface area contributed by atoms with E-state index >= 15 is 0 Å². The van der Waals surface area contributed by atoms with Gasteiger partial charge >= 0.3 is 0 Å². The molecule has 3 aromatic carbocycles. The van der Waals surface area contributed by atoms with E-state index in [1.54, 1.807) is 36.3 Å². The van der Waals surface area contributed by atoms with Crippen LogP contribution < -0.4 is 15.4 Å². The number of hydrogen-bond donors (Lipinski definition) is 2. The maximum atomic E-state index is 14.7. The molecule has 11 heteroatoms. The molecule has 0 radical (unpaired) electrons. The van der Waals surface area contributed by atoms with Gasteiger partial charge in [-0.1, -0.05) is 85.3 Å². The largest absolute Gasteiger partial charge is 0.497 e. The number of nitrogens with zero attached hydrogens (tertiary/aromatic N) is 2. The van der Waals surface area contributed by atoms with Crippen LogP contribution in [0.25, 0.3) is 0 Å². The number of rotatable bonds is 16. The highest BCUT2D eigenvalue weighted by molar-refractivity contribution is 7.99. The monoisotopic (exact) mass is 762 g/mol. The Morgan fingerprint density at radius 3 is 2.25 bits per heavy atom. The molecule has 5 atom stereocenters. The van der Waals surface area contributed by atoms with E-state index < -0.39 is 17.3 Å². The summed E-state index contributed by atoms with van der Waals surface area (Å²) >= 11 is 1.50. The van der Waals surface area contributed by atoms with Crippen molar-refractivity contribution in [3.8, 4) is 5.75 Å². The van der Waals surface area contributed by atoms with Crippen molar-refractivity contribution < 1.29 is 28.7 Å². The Hall–Kier alpha value is -5.16. The predicted octanol–water partition coefficient (Wildman–Crippen LogP) is 6.50. The minimum atomic E-state index is -0.837. The molecular weight excluding hydrogens is 713 g/mol. The third kappa shape index (κ3) is 9.57. The maximum Gasteiger partial charge on any atom is 0.261 e. The molecule has 0 aromatic heterocycles. The fourth-order valence-corrected chi connectivity index (χ4v) is 8.89. The second-order valence-corrected chi connectivity index (χ2v) is 15.4. The average molecular weight is 763 g/mol. The highest BCUT2D eigenvalue weighted by Crippen LogP contribution is 2.35. The van der Waals surface area contributed by atoms with E-state index in [4.69, 9.17) is 4.74 Å². The van der Waals surface area contributed by atoms with Crippen LogP contribution in [0.15, 0.2) is 103 Å². The van der Waals surface area contributed by atoms with E-state index in [2.05, 4.69) is 22.8 Å². The number of likely N-dealkylation sites (tertiary alicyclic amines) is 1. The van der Waals surface area contributed by atoms with Crippen molar-refractivity contribution in [2.45, 2.75) is 68.5 Å². The van der Waals surface area contributed by atoms with Crippen LogP contribution >= 0.6 is 11.8 Å². The Morgan fingerprint density at radius 2 is 1.60 bits per heavy atom. The number of imide groups is 1. The Bertz CT molecular complexity index is 1860. The molecule has 4 unspecified atom stereocenters. The molecule has 55 heavy (non-hydrogen) atoms. The number of methoxy groups -OCH3 is 1. The van der Waals surface area contributed by atoms with E-state index in [0.717, 1.165) is 23.3 Å². The molecule has 0 saturated carbocycles. The molecule has 2 heterocycles. The van der Waals surface area contributed by atoms with Gasteiger partial charge in [-0.15, -0.1) is 11.8 Å². The molecule has 1 saturated heterocycles. The molecule has 10 nitrogen and oxygen atoms in total. The molecule has 0 bridgehead atoms. The van der Waals surface area contributed by atoms with Gasteiger partial charge in [0.1, 0.15) is 17.8 Å². The van der Waals surface area contributed by atoms with Crippen LogP contribution in [0.3, 0.4) is 0 Å². The molecule has 2 aliphatic heterocycles. The number of unbranched alkanes of at least 4 members (excludes halogenated alkanes) is 1. The summed E-state index contributed by atoms with van der Waals surface area (Å²) in [6.07, 6.45) is 12.0. The van der Waals surface area contributed by atoms with Gasteiger partial charge in [-0.05, 0) is 86.3 Å².